The Morgan fingerprint density at radius 3 is 2.67 bits per heavy atom. The number of hydrogen-bond acceptors (Lipinski definition) is 4. The van der Waals surface area contributed by atoms with Crippen molar-refractivity contribution < 1.29 is 13.9 Å². The lowest BCUT2D eigenvalue weighted by atomic mass is 9.98. The highest BCUT2D eigenvalue weighted by atomic mass is 16.5. The molecular formula is C25H27NO4. The van der Waals surface area contributed by atoms with Gasteiger partial charge in [-0.05, 0) is 48.6 Å². The molecular weight excluding hydrogens is 378 g/mol. The van der Waals surface area contributed by atoms with Crippen LogP contribution < -0.4 is 10.2 Å². The van der Waals surface area contributed by atoms with Gasteiger partial charge in [0, 0.05) is 6.54 Å². The standard InChI is InChI=1S/C25H27NO4/c1-4-13-26-22(17-8-7-9-18(15-17)29-14-12-16(2)3)21-23(27)19-10-5-6-11-20(19)30-24(21)25(26)28/h5-11,15-16,22H,4,12-14H2,1-3H3. The number of nitrogens with zero attached hydrogens (tertiary/aromatic N) is 1. The molecule has 156 valence electrons. The molecule has 1 aliphatic heterocycles. The Bertz CT molecular complexity index is 1130. The number of carbonyl (C=O) groups is 1. The van der Waals surface area contributed by atoms with Crippen LogP contribution >= 0.6 is 0 Å². The molecule has 3 aromatic rings. The minimum atomic E-state index is -0.470. The molecule has 1 aliphatic rings. The first-order valence-electron chi connectivity index (χ1n) is 10.6. The van der Waals surface area contributed by atoms with Gasteiger partial charge in [0.25, 0.3) is 5.91 Å². The third-order valence-electron chi connectivity index (χ3n) is 5.48. The predicted octanol–water partition coefficient (Wildman–Crippen LogP) is 5.17. The molecule has 1 amide bonds. The maximum absolute atomic E-state index is 13.4. The second-order valence-corrected chi connectivity index (χ2v) is 8.17. The summed E-state index contributed by atoms with van der Waals surface area (Å²) in [5.41, 5.74) is 1.58. The van der Waals surface area contributed by atoms with E-state index < -0.39 is 6.04 Å². The fourth-order valence-corrected chi connectivity index (χ4v) is 3.97. The monoisotopic (exact) mass is 405 g/mol. The van der Waals surface area contributed by atoms with E-state index in [1.54, 1.807) is 23.1 Å². The van der Waals surface area contributed by atoms with Crippen LogP contribution in [0, 0.1) is 5.92 Å². The summed E-state index contributed by atoms with van der Waals surface area (Å²) in [6, 6.07) is 14.3. The minimum absolute atomic E-state index is 0.144. The largest absolute Gasteiger partial charge is 0.494 e. The van der Waals surface area contributed by atoms with E-state index >= 15 is 0 Å². The fourth-order valence-electron chi connectivity index (χ4n) is 3.97. The number of ether oxygens (including phenoxy) is 1. The number of fused-ring (bicyclic) bond motifs is 2. The molecule has 0 spiro atoms. The van der Waals surface area contributed by atoms with Crippen LogP contribution in [-0.4, -0.2) is 24.0 Å². The predicted molar refractivity (Wildman–Crippen MR) is 117 cm³/mol. The molecule has 0 radical (unpaired) electrons. The van der Waals surface area contributed by atoms with E-state index in [4.69, 9.17) is 9.15 Å². The van der Waals surface area contributed by atoms with Crippen molar-refractivity contribution in [2.75, 3.05) is 13.2 Å². The molecule has 0 saturated heterocycles. The van der Waals surface area contributed by atoms with Crippen LogP contribution in [-0.2, 0) is 0 Å². The van der Waals surface area contributed by atoms with Crippen LogP contribution in [0.4, 0.5) is 0 Å². The van der Waals surface area contributed by atoms with Crippen molar-refractivity contribution in [3.63, 3.8) is 0 Å². The van der Waals surface area contributed by atoms with Crippen LogP contribution in [0.25, 0.3) is 11.0 Å². The van der Waals surface area contributed by atoms with Crippen molar-refractivity contribution >= 4 is 16.9 Å². The van der Waals surface area contributed by atoms with Gasteiger partial charge in [-0.15, -0.1) is 0 Å². The molecule has 1 aromatic heterocycles. The lowest BCUT2D eigenvalue weighted by Gasteiger charge is -2.25. The van der Waals surface area contributed by atoms with Crippen molar-refractivity contribution in [1.29, 1.82) is 0 Å². The molecule has 1 unspecified atom stereocenters. The minimum Gasteiger partial charge on any atom is -0.494 e. The number of amides is 1. The first-order valence-corrected chi connectivity index (χ1v) is 10.6. The molecule has 0 bridgehead atoms. The Kier molecular flexibility index (Phi) is 5.62. The molecule has 0 aliphatic carbocycles. The van der Waals surface area contributed by atoms with E-state index in [2.05, 4.69) is 13.8 Å². The summed E-state index contributed by atoms with van der Waals surface area (Å²) >= 11 is 0. The average Bonchev–Trinajstić information content (AvgIpc) is 3.01. The second kappa shape index (κ2) is 8.34. The van der Waals surface area contributed by atoms with Gasteiger partial charge in [-0.1, -0.05) is 45.0 Å². The highest BCUT2D eigenvalue weighted by Gasteiger charge is 2.42. The zero-order valence-electron chi connectivity index (χ0n) is 17.7. The van der Waals surface area contributed by atoms with Crippen LogP contribution in [0.1, 0.15) is 61.3 Å². The average molecular weight is 405 g/mol. The van der Waals surface area contributed by atoms with Gasteiger partial charge in [-0.25, -0.2) is 0 Å². The Hall–Kier alpha value is -3.08. The maximum atomic E-state index is 13.4. The Balaban J connectivity index is 1.80. The summed E-state index contributed by atoms with van der Waals surface area (Å²) in [7, 11) is 0. The SMILES string of the molecule is CCCN1C(=O)c2oc3ccccc3c(=O)c2C1c1cccc(OCCC(C)C)c1. The van der Waals surface area contributed by atoms with Gasteiger partial charge in [0.15, 0.2) is 5.43 Å². The molecule has 30 heavy (non-hydrogen) atoms. The Morgan fingerprint density at radius 2 is 1.90 bits per heavy atom. The van der Waals surface area contributed by atoms with Crippen molar-refractivity contribution in [3.05, 3.63) is 75.6 Å². The molecule has 5 nitrogen and oxygen atoms in total. The first-order chi connectivity index (χ1) is 14.5. The van der Waals surface area contributed by atoms with Gasteiger partial charge >= 0.3 is 0 Å². The van der Waals surface area contributed by atoms with Gasteiger partial charge in [0.2, 0.25) is 5.76 Å². The molecule has 0 saturated carbocycles. The van der Waals surface area contributed by atoms with Crippen LogP contribution in [0.15, 0.2) is 57.7 Å². The van der Waals surface area contributed by atoms with E-state index in [0.717, 1.165) is 24.2 Å². The third kappa shape index (κ3) is 3.60. The van der Waals surface area contributed by atoms with E-state index in [0.29, 0.717) is 35.6 Å². The molecule has 0 N–H and O–H groups in total. The normalized spacial score (nSPS) is 15.8. The van der Waals surface area contributed by atoms with E-state index in [1.807, 2.05) is 37.3 Å². The molecule has 0 fully saturated rings. The molecule has 4 rings (SSSR count). The van der Waals surface area contributed by atoms with Gasteiger partial charge in [-0.3, -0.25) is 9.59 Å². The highest BCUT2D eigenvalue weighted by molar-refractivity contribution is 5.99. The summed E-state index contributed by atoms with van der Waals surface area (Å²) in [5, 5.41) is 0.497. The van der Waals surface area contributed by atoms with E-state index in [-0.39, 0.29) is 17.1 Å². The summed E-state index contributed by atoms with van der Waals surface area (Å²) in [5.74, 6) is 1.23. The fraction of sp³-hybridized carbons (Fsp3) is 0.360. The lowest BCUT2D eigenvalue weighted by Crippen LogP contribution is -2.30. The summed E-state index contributed by atoms with van der Waals surface area (Å²) in [6.07, 6.45) is 1.75. The number of carbonyl (C=O) groups excluding carboxylic acids is 1. The zero-order valence-corrected chi connectivity index (χ0v) is 17.7. The number of rotatable bonds is 7. The summed E-state index contributed by atoms with van der Waals surface area (Å²) < 4.78 is 11.8. The third-order valence-corrected chi connectivity index (χ3v) is 5.48. The first kappa shape index (κ1) is 20.2. The second-order valence-electron chi connectivity index (χ2n) is 8.17. The van der Waals surface area contributed by atoms with Gasteiger partial charge in [0.05, 0.1) is 23.6 Å². The Labute approximate surface area is 176 Å². The Morgan fingerprint density at radius 1 is 1.10 bits per heavy atom. The van der Waals surface area contributed by atoms with Crippen molar-refractivity contribution in [1.82, 2.24) is 4.90 Å². The van der Waals surface area contributed by atoms with E-state index in [1.165, 1.54) is 0 Å². The highest BCUT2D eigenvalue weighted by Crippen LogP contribution is 2.39. The molecule has 2 aromatic carbocycles. The number of para-hydroxylation sites is 1. The lowest BCUT2D eigenvalue weighted by molar-refractivity contribution is 0.0728. The number of benzene rings is 2. The van der Waals surface area contributed by atoms with Crippen LogP contribution in [0.3, 0.4) is 0 Å². The number of hydrogen-bond donors (Lipinski definition) is 0. The van der Waals surface area contributed by atoms with Gasteiger partial charge in [-0.2, -0.15) is 0 Å². The summed E-state index contributed by atoms with van der Waals surface area (Å²) in [4.78, 5) is 28.3. The van der Waals surface area contributed by atoms with Crippen LogP contribution in [0.5, 0.6) is 5.75 Å². The van der Waals surface area contributed by atoms with Gasteiger partial charge < -0.3 is 14.1 Å². The molecule has 5 heteroatoms. The van der Waals surface area contributed by atoms with Gasteiger partial charge in [0.1, 0.15) is 11.3 Å². The molecule has 1 atom stereocenters. The topological polar surface area (TPSA) is 59.8 Å². The summed E-state index contributed by atoms with van der Waals surface area (Å²) in [6.45, 7) is 7.51. The van der Waals surface area contributed by atoms with Crippen molar-refractivity contribution in [2.24, 2.45) is 5.92 Å². The van der Waals surface area contributed by atoms with Crippen LogP contribution in [0.2, 0.25) is 0 Å². The smallest absolute Gasteiger partial charge is 0.290 e. The molecule has 2 heterocycles. The maximum Gasteiger partial charge on any atom is 0.290 e. The zero-order chi connectivity index (χ0) is 21.3. The quantitative estimate of drug-likeness (QED) is 0.544. The van der Waals surface area contributed by atoms with Crippen molar-refractivity contribution in [3.8, 4) is 5.75 Å². The van der Waals surface area contributed by atoms with E-state index in [9.17, 15) is 9.59 Å². The van der Waals surface area contributed by atoms with Crippen molar-refractivity contribution in [2.45, 2.75) is 39.7 Å².